The first-order valence-corrected chi connectivity index (χ1v) is 6.91. The lowest BCUT2D eigenvalue weighted by Gasteiger charge is -2.07. The third-order valence-electron chi connectivity index (χ3n) is 3.15. The number of hydrogen-bond acceptors (Lipinski definition) is 5. The van der Waals surface area contributed by atoms with Crippen LogP contribution in [-0.4, -0.2) is 17.3 Å². The zero-order chi connectivity index (χ0) is 15.4. The molecule has 3 aromatic rings. The van der Waals surface area contributed by atoms with E-state index in [1.807, 2.05) is 55.5 Å². The number of methoxy groups -OCH3 is 1. The lowest BCUT2D eigenvalue weighted by molar-refractivity contribution is 0.251. The van der Waals surface area contributed by atoms with E-state index in [1.54, 1.807) is 7.11 Å². The summed E-state index contributed by atoms with van der Waals surface area (Å²) in [5.41, 5.74) is 2.04. The van der Waals surface area contributed by atoms with E-state index in [2.05, 4.69) is 10.2 Å². The highest BCUT2D eigenvalue weighted by Crippen LogP contribution is 2.27. The van der Waals surface area contributed by atoms with Gasteiger partial charge in [0.25, 0.3) is 5.89 Å². The van der Waals surface area contributed by atoms with Crippen molar-refractivity contribution >= 4 is 0 Å². The van der Waals surface area contributed by atoms with E-state index in [9.17, 15) is 0 Å². The summed E-state index contributed by atoms with van der Waals surface area (Å²) < 4.78 is 16.5. The van der Waals surface area contributed by atoms with Gasteiger partial charge in [-0.15, -0.1) is 10.2 Å². The van der Waals surface area contributed by atoms with E-state index in [-0.39, 0.29) is 6.61 Å². The summed E-state index contributed by atoms with van der Waals surface area (Å²) in [5, 5.41) is 8.06. The smallest absolute Gasteiger partial charge is 0.254 e. The van der Waals surface area contributed by atoms with Crippen molar-refractivity contribution in [2.24, 2.45) is 0 Å². The zero-order valence-electron chi connectivity index (χ0n) is 12.4. The molecule has 22 heavy (non-hydrogen) atoms. The van der Waals surface area contributed by atoms with Gasteiger partial charge in [0.05, 0.1) is 7.11 Å². The summed E-state index contributed by atoms with van der Waals surface area (Å²) in [7, 11) is 1.60. The predicted octanol–water partition coefficient (Wildman–Crippen LogP) is 3.63. The van der Waals surface area contributed by atoms with Gasteiger partial charge in [-0.1, -0.05) is 29.8 Å². The fraction of sp³-hybridized carbons (Fsp3) is 0.176. The standard InChI is InChI=1S/C17H16N2O3/c1-12-6-5-7-13(10-12)17-19-18-16(22-17)11-21-15-9-4-3-8-14(15)20-2/h3-10H,11H2,1-2H3. The van der Waals surface area contributed by atoms with E-state index >= 15 is 0 Å². The molecule has 0 aliphatic rings. The molecule has 0 spiro atoms. The van der Waals surface area contributed by atoms with Crippen LogP contribution in [0.2, 0.25) is 0 Å². The molecule has 5 heteroatoms. The molecule has 0 fully saturated rings. The molecule has 1 aromatic heterocycles. The number of ether oxygens (including phenoxy) is 2. The largest absolute Gasteiger partial charge is 0.493 e. The summed E-state index contributed by atoms with van der Waals surface area (Å²) >= 11 is 0. The molecule has 112 valence electrons. The molecular formula is C17H16N2O3. The molecule has 0 saturated heterocycles. The van der Waals surface area contributed by atoms with Gasteiger partial charge in [-0.25, -0.2) is 0 Å². The Morgan fingerprint density at radius 2 is 1.82 bits per heavy atom. The van der Waals surface area contributed by atoms with Crippen molar-refractivity contribution in [2.45, 2.75) is 13.5 Å². The van der Waals surface area contributed by atoms with Gasteiger partial charge in [0, 0.05) is 5.56 Å². The van der Waals surface area contributed by atoms with Crippen molar-refractivity contribution in [3.8, 4) is 23.0 Å². The predicted molar refractivity (Wildman–Crippen MR) is 81.8 cm³/mol. The van der Waals surface area contributed by atoms with Crippen LogP contribution in [0.4, 0.5) is 0 Å². The minimum Gasteiger partial charge on any atom is -0.493 e. The Hall–Kier alpha value is -2.82. The van der Waals surface area contributed by atoms with E-state index in [0.29, 0.717) is 23.3 Å². The second-order valence-electron chi connectivity index (χ2n) is 4.81. The highest BCUT2D eigenvalue weighted by Gasteiger charge is 2.10. The van der Waals surface area contributed by atoms with Crippen LogP contribution in [0.15, 0.2) is 52.9 Å². The van der Waals surface area contributed by atoms with Crippen LogP contribution in [0.3, 0.4) is 0 Å². The number of rotatable bonds is 5. The van der Waals surface area contributed by atoms with Gasteiger partial charge in [0.15, 0.2) is 18.1 Å². The number of aromatic nitrogens is 2. The molecule has 2 aromatic carbocycles. The molecule has 0 unspecified atom stereocenters. The highest BCUT2D eigenvalue weighted by molar-refractivity contribution is 5.53. The molecule has 0 amide bonds. The number of hydrogen-bond donors (Lipinski definition) is 0. The Morgan fingerprint density at radius 3 is 2.59 bits per heavy atom. The molecule has 0 saturated carbocycles. The van der Waals surface area contributed by atoms with Crippen LogP contribution in [0.25, 0.3) is 11.5 Å². The van der Waals surface area contributed by atoms with Crippen LogP contribution in [0, 0.1) is 6.92 Å². The third-order valence-corrected chi connectivity index (χ3v) is 3.15. The lowest BCUT2D eigenvalue weighted by atomic mass is 10.1. The van der Waals surface area contributed by atoms with Crippen molar-refractivity contribution in [2.75, 3.05) is 7.11 Å². The Kier molecular flexibility index (Phi) is 4.05. The Balaban J connectivity index is 1.72. The van der Waals surface area contributed by atoms with Crippen molar-refractivity contribution in [1.29, 1.82) is 0 Å². The van der Waals surface area contributed by atoms with E-state index in [4.69, 9.17) is 13.9 Å². The number of aryl methyl sites for hydroxylation is 1. The number of para-hydroxylation sites is 2. The molecule has 5 nitrogen and oxygen atoms in total. The monoisotopic (exact) mass is 296 g/mol. The normalized spacial score (nSPS) is 10.5. The Morgan fingerprint density at radius 1 is 1.00 bits per heavy atom. The zero-order valence-corrected chi connectivity index (χ0v) is 12.4. The van der Waals surface area contributed by atoms with Crippen molar-refractivity contribution in [3.05, 3.63) is 60.0 Å². The van der Waals surface area contributed by atoms with Crippen LogP contribution in [-0.2, 0) is 6.61 Å². The van der Waals surface area contributed by atoms with Crippen LogP contribution in [0.1, 0.15) is 11.5 Å². The third kappa shape index (κ3) is 3.09. The average Bonchev–Trinajstić information content (AvgIpc) is 3.02. The molecular weight excluding hydrogens is 280 g/mol. The maximum atomic E-state index is 5.67. The van der Waals surface area contributed by atoms with Crippen molar-refractivity contribution in [1.82, 2.24) is 10.2 Å². The fourth-order valence-corrected chi connectivity index (χ4v) is 2.08. The van der Waals surface area contributed by atoms with Gasteiger partial charge in [0.2, 0.25) is 5.89 Å². The quantitative estimate of drug-likeness (QED) is 0.719. The van der Waals surface area contributed by atoms with Crippen molar-refractivity contribution in [3.63, 3.8) is 0 Å². The number of benzene rings is 2. The topological polar surface area (TPSA) is 57.4 Å². The Bertz CT molecular complexity index is 768. The Labute approximate surface area is 128 Å². The molecule has 3 rings (SSSR count). The van der Waals surface area contributed by atoms with Gasteiger partial charge in [-0.05, 0) is 31.2 Å². The van der Waals surface area contributed by atoms with Gasteiger partial charge in [0.1, 0.15) is 0 Å². The summed E-state index contributed by atoms with van der Waals surface area (Å²) in [6, 6.07) is 15.3. The maximum absolute atomic E-state index is 5.67. The molecule has 0 radical (unpaired) electrons. The first-order chi connectivity index (χ1) is 10.8. The number of nitrogens with zero attached hydrogens (tertiary/aromatic N) is 2. The second kappa shape index (κ2) is 6.30. The van der Waals surface area contributed by atoms with Gasteiger partial charge >= 0.3 is 0 Å². The molecule has 0 aliphatic heterocycles. The van der Waals surface area contributed by atoms with Crippen LogP contribution >= 0.6 is 0 Å². The molecule has 0 N–H and O–H groups in total. The maximum Gasteiger partial charge on any atom is 0.254 e. The lowest BCUT2D eigenvalue weighted by Crippen LogP contribution is -1.97. The first-order valence-electron chi connectivity index (χ1n) is 6.91. The minimum absolute atomic E-state index is 0.194. The SMILES string of the molecule is COc1ccccc1OCc1nnc(-c2cccc(C)c2)o1. The fourth-order valence-electron chi connectivity index (χ4n) is 2.08. The van der Waals surface area contributed by atoms with Gasteiger partial charge < -0.3 is 13.9 Å². The van der Waals surface area contributed by atoms with Gasteiger partial charge in [-0.2, -0.15) is 0 Å². The van der Waals surface area contributed by atoms with E-state index < -0.39 is 0 Å². The highest BCUT2D eigenvalue weighted by atomic mass is 16.5. The van der Waals surface area contributed by atoms with E-state index in [0.717, 1.165) is 11.1 Å². The first kappa shape index (κ1) is 14.1. The summed E-state index contributed by atoms with van der Waals surface area (Å²) in [6.07, 6.45) is 0. The van der Waals surface area contributed by atoms with Gasteiger partial charge in [-0.3, -0.25) is 0 Å². The second-order valence-corrected chi connectivity index (χ2v) is 4.81. The van der Waals surface area contributed by atoms with Crippen LogP contribution in [0.5, 0.6) is 11.5 Å². The average molecular weight is 296 g/mol. The van der Waals surface area contributed by atoms with Crippen molar-refractivity contribution < 1.29 is 13.9 Å². The molecule has 0 aliphatic carbocycles. The summed E-state index contributed by atoms with van der Waals surface area (Å²) in [6.45, 7) is 2.21. The molecule has 0 bridgehead atoms. The molecule has 1 heterocycles. The molecule has 0 atom stereocenters. The summed E-state index contributed by atoms with van der Waals surface area (Å²) in [4.78, 5) is 0. The van der Waals surface area contributed by atoms with Crippen LogP contribution < -0.4 is 9.47 Å². The van der Waals surface area contributed by atoms with E-state index in [1.165, 1.54) is 0 Å². The summed E-state index contributed by atoms with van der Waals surface area (Å²) in [5.74, 6) is 2.21. The minimum atomic E-state index is 0.194.